The topological polar surface area (TPSA) is 86.3 Å². The van der Waals surface area contributed by atoms with Gasteiger partial charge in [0.1, 0.15) is 17.2 Å². The number of rotatable bonds is 3. The second-order valence-electron chi connectivity index (χ2n) is 11.2. The van der Waals surface area contributed by atoms with Crippen molar-refractivity contribution in [3.8, 4) is 11.5 Å². The van der Waals surface area contributed by atoms with E-state index in [0.717, 1.165) is 29.9 Å². The Hall–Kier alpha value is -2.48. The van der Waals surface area contributed by atoms with Crippen molar-refractivity contribution in [3.63, 3.8) is 0 Å². The summed E-state index contributed by atoms with van der Waals surface area (Å²) in [6.45, 7) is 12.5. The lowest BCUT2D eigenvalue weighted by Crippen LogP contribution is -2.58. The van der Waals surface area contributed by atoms with Crippen LogP contribution in [-0.2, 0) is 14.3 Å². The molecule has 3 heterocycles. The van der Waals surface area contributed by atoms with Gasteiger partial charge in [-0.2, -0.15) is 0 Å². The van der Waals surface area contributed by atoms with Crippen LogP contribution in [0.5, 0.6) is 11.5 Å². The maximum atomic E-state index is 13.1. The normalized spacial score (nSPS) is 28.4. The molecule has 8 nitrogen and oxygen atoms in total. The van der Waals surface area contributed by atoms with Crippen LogP contribution in [0.15, 0.2) is 18.2 Å². The Morgan fingerprint density at radius 1 is 1.26 bits per heavy atom. The Balaban J connectivity index is 1.45. The van der Waals surface area contributed by atoms with Gasteiger partial charge in [0.15, 0.2) is 11.5 Å². The van der Waals surface area contributed by atoms with Gasteiger partial charge < -0.3 is 29.2 Å². The molecular weight excluding hydrogens is 436 g/mol. The Kier molecular flexibility index (Phi) is 6.48. The summed E-state index contributed by atoms with van der Waals surface area (Å²) in [5, 5.41) is 2.67. The van der Waals surface area contributed by atoms with Crippen molar-refractivity contribution in [3.05, 3.63) is 23.8 Å². The molecule has 0 spiro atoms. The third-order valence-corrected chi connectivity index (χ3v) is 7.12. The molecule has 5 atom stereocenters. The van der Waals surface area contributed by atoms with Gasteiger partial charge in [-0.1, -0.05) is 12.1 Å². The minimum atomic E-state index is -0.655. The number of hydrogen-bond donors (Lipinski definition) is 1. The maximum Gasteiger partial charge on any atom is 0.408 e. The van der Waals surface area contributed by atoms with Crippen LogP contribution < -0.4 is 14.8 Å². The van der Waals surface area contributed by atoms with E-state index in [9.17, 15) is 9.59 Å². The zero-order valence-electron chi connectivity index (χ0n) is 21.3. The molecule has 0 unspecified atom stereocenters. The monoisotopic (exact) mass is 474 g/mol. The lowest BCUT2D eigenvalue weighted by atomic mass is 9.70. The van der Waals surface area contributed by atoms with E-state index in [-0.39, 0.29) is 30.0 Å². The first kappa shape index (κ1) is 24.6. The molecule has 4 rings (SSSR count). The second-order valence-corrected chi connectivity index (χ2v) is 11.2. The number of piperidine rings is 1. The van der Waals surface area contributed by atoms with Crippen LogP contribution in [0.1, 0.15) is 66.1 Å². The highest BCUT2D eigenvalue weighted by molar-refractivity contribution is 5.85. The van der Waals surface area contributed by atoms with Crippen molar-refractivity contribution < 1.29 is 28.5 Å². The van der Waals surface area contributed by atoms with E-state index in [4.69, 9.17) is 18.9 Å². The third kappa shape index (κ3) is 4.83. The van der Waals surface area contributed by atoms with Crippen molar-refractivity contribution in [2.45, 2.75) is 83.8 Å². The fourth-order valence-electron chi connectivity index (χ4n) is 5.47. The molecule has 0 aromatic heterocycles. The molecule has 0 aliphatic carbocycles. The molecule has 1 aromatic rings. The average Bonchev–Trinajstić information content (AvgIpc) is 2.75. The first-order valence-corrected chi connectivity index (χ1v) is 12.2. The van der Waals surface area contributed by atoms with Gasteiger partial charge in [0.2, 0.25) is 5.91 Å². The summed E-state index contributed by atoms with van der Waals surface area (Å²) in [4.78, 5) is 27.1. The average molecular weight is 475 g/mol. The van der Waals surface area contributed by atoms with Gasteiger partial charge in [-0.15, -0.1) is 0 Å². The maximum absolute atomic E-state index is 13.1. The molecule has 2 saturated heterocycles. The van der Waals surface area contributed by atoms with Crippen LogP contribution in [0.4, 0.5) is 4.79 Å². The molecule has 34 heavy (non-hydrogen) atoms. The lowest BCUT2D eigenvalue weighted by molar-refractivity contribution is -0.189. The molecule has 2 amide bonds. The largest absolute Gasteiger partial charge is 0.493 e. The van der Waals surface area contributed by atoms with Gasteiger partial charge >= 0.3 is 6.09 Å². The first-order valence-electron chi connectivity index (χ1n) is 12.2. The number of alkyl carbamates (subject to hydrolysis) is 1. The van der Waals surface area contributed by atoms with Crippen LogP contribution in [0, 0.1) is 11.8 Å². The van der Waals surface area contributed by atoms with E-state index in [1.807, 2.05) is 17.0 Å². The quantitative estimate of drug-likeness (QED) is 0.711. The van der Waals surface area contributed by atoms with E-state index in [1.165, 1.54) is 0 Å². The zero-order chi connectivity index (χ0) is 24.8. The molecule has 1 aromatic carbocycles. The smallest absolute Gasteiger partial charge is 0.408 e. The van der Waals surface area contributed by atoms with Crippen LogP contribution in [-0.4, -0.2) is 60.4 Å². The standard InChI is InChI=1S/C26H38N2O6/c1-15(27-24(30)34-25(2,3)4)23(29)28-12-11-19-16(14-28)13-18-21(32-19)17-9-8-10-20(31-7)22(17)33-26(18,5)6/h8-10,15-16,18-19,21H,11-14H2,1-7H3,(H,27,30)/t15-,16+,18-,19-,21+/m1/s1. The van der Waals surface area contributed by atoms with E-state index in [0.29, 0.717) is 13.1 Å². The van der Waals surface area contributed by atoms with Crippen molar-refractivity contribution in [2.24, 2.45) is 11.8 Å². The van der Waals surface area contributed by atoms with Crippen LogP contribution in [0.25, 0.3) is 0 Å². The minimum Gasteiger partial charge on any atom is -0.493 e. The highest BCUT2D eigenvalue weighted by Gasteiger charge is 2.52. The molecule has 2 fully saturated rings. The van der Waals surface area contributed by atoms with Gasteiger partial charge in [-0.3, -0.25) is 4.79 Å². The van der Waals surface area contributed by atoms with Crippen LogP contribution in [0.2, 0.25) is 0 Å². The Morgan fingerprint density at radius 3 is 2.68 bits per heavy atom. The molecule has 1 N–H and O–H groups in total. The molecular formula is C26H38N2O6. The number of ether oxygens (including phenoxy) is 4. The Labute approximate surface area is 202 Å². The molecule has 0 radical (unpaired) electrons. The van der Waals surface area contributed by atoms with E-state index >= 15 is 0 Å². The number of hydrogen-bond acceptors (Lipinski definition) is 6. The number of methoxy groups -OCH3 is 1. The van der Waals surface area contributed by atoms with Crippen molar-refractivity contribution in [1.82, 2.24) is 10.2 Å². The van der Waals surface area contributed by atoms with Gasteiger partial charge in [0, 0.05) is 30.5 Å². The first-order chi connectivity index (χ1) is 15.9. The van der Waals surface area contributed by atoms with Gasteiger partial charge in [-0.05, 0) is 60.5 Å². The van der Waals surface area contributed by atoms with E-state index in [1.54, 1.807) is 34.8 Å². The highest BCUT2D eigenvalue weighted by atomic mass is 16.6. The van der Waals surface area contributed by atoms with Gasteiger partial charge in [-0.25, -0.2) is 4.79 Å². The molecule has 0 saturated carbocycles. The summed E-state index contributed by atoms with van der Waals surface area (Å²) in [5.74, 6) is 1.76. The number of amides is 2. The van der Waals surface area contributed by atoms with Crippen LogP contribution in [0.3, 0.4) is 0 Å². The third-order valence-electron chi connectivity index (χ3n) is 7.12. The summed E-state index contributed by atoms with van der Waals surface area (Å²) in [5.41, 5.74) is -0.0100. The fraction of sp³-hybridized carbons (Fsp3) is 0.692. The van der Waals surface area contributed by atoms with E-state index < -0.39 is 23.3 Å². The molecule has 3 aliphatic rings. The number of fused-ring (bicyclic) bond motifs is 4. The van der Waals surface area contributed by atoms with Gasteiger partial charge in [0.25, 0.3) is 0 Å². The number of carbonyl (C=O) groups is 2. The summed E-state index contributed by atoms with van der Waals surface area (Å²) in [7, 11) is 1.65. The number of para-hydroxylation sites is 1. The Bertz CT molecular complexity index is 940. The number of nitrogens with zero attached hydrogens (tertiary/aromatic N) is 1. The van der Waals surface area contributed by atoms with Gasteiger partial charge in [0.05, 0.1) is 19.3 Å². The Morgan fingerprint density at radius 2 is 2.00 bits per heavy atom. The summed E-state index contributed by atoms with van der Waals surface area (Å²) in [6.07, 6.45) is 1.09. The summed E-state index contributed by atoms with van der Waals surface area (Å²) in [6, 6.07) is 5.30. The molecule has 3 aliphatic heterocycles. The number of likely N-dealkylation sites (tertiary alicyclic amines) is 1. The predicted molar refractivity (Wildman–Crippen MR) is 127 cm³/mol. The highest BCUT2D eigenvalue weighted by Crippen LogP contribution is 2.55. The van der Waals surface area contributed by atoms with Crippen molar-refractivity contribution in [2.75, 3.05) is 20.2 Å². The molecule has 0 bridgehead atoms. The van der Waals surface area contributed by atoms with Crippen LogP contribution >= 0.6 is 0 Å². The van der Waals surface area contributed by atoms with Crippen molar-refractivity contribution in [1.29, 1.82) is 0 Å². The lowest BCUT2D eigenvalue weighted by Gasteiger charge is -2.53. The number of carbonyl (C=O) groups excluding carboxylic acids is 2. The van der Waals surface area contributed by atoms with Crippen molar-refractivity contribution >= 4 is 12.0 Å². The number of nitrogens with one attached hydrogen (secondary N) is 1. The summed E-state index contributed by atoms with van der Waals surface area (Å²) >= 11 is 0. The second kappa shape index (κ2) is 8.95. The predicted octanol–water partition coefficient (Wildman–Crippen LogP) is 4.07. The number of benzene rings is 1. The molecule has 188 valence electrons. The molecule has 8 heteroatoms. The fourth-order valence-corrected chi connectivity index (χ4v) is 5.47. The van der Waals surface area contributed by atoms with E-state index in [2.05, 4.69) is 25.2 Å². The minimum absolute atomic E-state index is 0.0647. The SMILES string of the molecule is COc1cccc2c1OC(C)(C)[C@@H]1C[C@H]3CN(C(=O)[C@@H](C)NC(=O)OC(C)(C)C)CC[C@H]3O[C@@H]21. The zero-order valence-corrected chi connectivity index (χ0v) is 21.3. The summed E-state index contributed by atoms with van der Waals surface area (Å²) < 4.78 is 24.0.